The minimum absolute atomic E-state index is 0.0138. The van der Waals surface area contributed by atoms with Gasteiger partial charge in [-0.1, -0.05) is 28.1 Å². The van der Waals surface area contributed by atoms with Gasteiger partial charge in [-0.15, -0.1) is 0 Å². The number of hydrogen-bond acceptors (Lipinski definition) is 1. The zero-order valence-electron chi connectivity index (χ0n) is 9.61. The highest BCUT2D eigenvalue weighted by molar-refractivity contribution is 9.08. The summed E-state index contributed by atoms with van der Waals surface area (Å²) in [7, 11) is 1.72. The number of halogens is 1. The summed E-state index contributed by atoms with van der Waals surface area (Å²) in [5.41, 5.74) is 3.56. The molecular weight excluding hydrogens is 282 g/mol. The summed E-state index contributed by atoms with van der Waals surface area (Å²) in [5.74, 6) is 0.691. The molecule has 0 spiro atoms. The lowest BCUT2D eigenvalue weighted by Crippen LogP contribution is -2.40. The second-order valence-corrected chi connectivity index (χ2v) is 5.09. The first-order valence-corrected chi connectivity index (χ1v) is 6.86. The Hall–Kier alpha value is -1.23. The van der Waals surface area contributed by atoms with Gasteiger partial charge >= 0.3 is 5.69 Å². The Morgan fingerprint density at radius 3 is 2.76 bits per heavy atom. The lowest BCUT2D eigenvalue weighted by Gasteiger charge is -2.18. The number of H-pyrrole nitrogens is 1. The van der Waals surface area contributed by atoms with Crippen molar-refractivity contribution >= 4 is 15.9 Å². The van der Waals surface area contributed by atoms with Gasteiger partial charge in [0.05, 0.1) is 5.69 Å². The summed E-state index contributed by atoms with van der Waals surface area (Å²) in [5, 5.41) is 3.75. The Bertz CT molecular complexity index is 604. The predicted molar refractivity (Wildman–Crippen MR) is 70.0 cm³/mol. The van der Waals surface area contributed by atoms with E-state index in [0.717, 1.165) is 11.0 Å². The van der Waals surface area contributed by atoms with Crippen molar-refractivity contribution in [1.29, 1.82) is 0 Å². The zero-order chi connectivity index (χ0) is 12.0. The molecule has 1 aliphatic rings. The van der Waals surface area contributed by atoms with Gasteiger partial charge in [-0.2, -0.15) is 4.68 Å². The summed E-state index contributed by atoms with van der Waals surface area (Å²) in [6.07, 6.45) is 2.54. The summed E-state index contributed by atoms with van der Waals surface area (Å²) >= 11 is 3.53. The molecule has 1 N–H and O–H groups in total. The van der Waals surface area contributed by atoms with Crippen molar-refractivity contribution in [2.75, 3.05) is 0 Å². The smallest absolute Gasteiger partial charge is 0.244 e. The van der Waals surface area contributed by atoms with Crippen LogP contribution in [0.15, 0.2) is 23.0 Å². The molecule has 0 bridgehead atoms. The molecule has 1 aromatic heterocycles. The molecule has 0 aliphatic heterocycles. The van der Waals surface area contributed by atoms with E-state index in [0.29, 0.717) is 5.92 Å². The van der Waals surface area contributed by atoms with Crippen LogP contribution in [0, 0.1) is 0 Å². The van der Waals surface area contributed by atoms with E-state index in [1.807, 2.05) is 12.1 Å². The Morgan fingerprint density at radius 2 is 2.24 bits per heavy atom. The molecule has 0 radical (unpaired) electrons. The van der Waals surface area contributed by atoms with Crippen molar-refractivity contribution in [3.05, 3.63) is 39.8 Å². The topological polar surface area (TPSA) is 42.7 Å². The molecule has 5 heteroatoms. The van der Waals surface area contributed by atoms with E-state index in [1.54, 1.807) is 11.7 Å². The number of nitrogens with one attached hydrogen (secondary N) is 1. The van der Waals surface area contributed by atoms with Crippen molar-refractivity contribution in [3.8, 4) is 5.69 Å². The normalized spacial score (nSPS) is 15.4. The quantitative estimate of drug-likeness (QED) is 0.868. The number of aromatic amines is 1. The van der Waals surface area contributed by atoms with Crippen molar-refractivity contribution in [2.24, 2.45) is 7.05 Å². The third-order valence-electron chi connectivity index (χ3n) is 3.31. The zero-order valence-corrected chi connectivity index (χ0v) is 11.2. The third kappa shape index (κ3) is 1.69. The fourth-order valence-electron chi connectivity index (χ4n) is 2.22. The maximum Gasteiger partial charge on any atom is 0.364 e. The van der Waals surface area contributed by atoms with Gasteiger partial charge in [0.1, 0.15) is 0 Å². The Kier molecular flexibility index (Phi) is 2.50. The maximum atomic E-state index is 11.7. The largest absolute Gasteiger partial charge is 0.364 e. The number of aryl methyl sites for hydroxylation is 1. The molecule has 0 amide bonds. The van der Waals surface area contributed by atoms with Gasteiger partial charge in [0.2, 0.25) is 0 Å². The second kappa shape index (κ2) is 3.91. The predicted octanol–water partition coefficient (Wildman–Crippen LogP) is 2.28. The average molecular weight is 296 g/mol. The Labute approximate surface area is 107 Å². The van der Waals surface area contributed by atoms with Crippen LogP contribution in [0.5, 0.6) is 0 Å². The number of hydrogen-bond donors (Lipinski definition) is 1. The van der Waals surface area contributed by atoms with Crippen molar-refractivity contribution in [1.82, 2.24) is 14.6 Å². The SMILES string of the molecule is Cn1[nH]n(-c2cccc(C3CC3)c2CBr)c1=O. The van der Waals surface area contributed by atoms with E-state index >= 15 is 0 Å². The molecule has 2 aromatic rings. The highest BCUT2D eigenvalue weighted by Gasteiger charge is 2.27. The van der Waals surface area contributed by atoms with E-state index in [4.69, 9.17) is 0 Å². The molecule has 90 valence electrons. The van der Waals surface area contributed by atoms with Crippen LogP contribution in [0.2, 0.25) is 0 Å². The van der Waals surface area contributed by atoms with Gasteiger partial charge in [-0.05, 0) is 36.0 Å². The minimum Gasteiger partial charge on any atom is -0.244 e. The van der Waals surface area contributed by atoms with Crippen molar-refractivity contribution in [2.45, 2.75) is 24.1 Å². The lowest BCUT2D eigenvalue weighted by atomic mass is 10.0. The molecule has 4 nitrogen and oxygen atoms in total. The monoisotopic (exact) mass is 295 g/mol. The second-order valence-electron chi connectivity index (χ2n) is 4.53. The minimum atomic E-state index is -0.0138. The van der Waals surface area contributed by atoms with Gasteiger partial charge < -0.3 is 0 Å². The molecule has 0 atom stereocenters. The van der Waals surface area contributed by atoms with Gasteiger partial charge in [0, 0.05) is 12.4 Å². The van der Waals surface area contributed by atoms with Gasteiger partial charge in [0.25, 0.3) is 0 Å². The van der Waals surface area contributed by atoms with Crippen LogP contribution in [-0.2, 0) is 12.4 Å². The van der Waals surface area contributed by atoms with Crippen LogP contribution in [0.1, 0.15) is 29.9 Å². The number of nitrogens with zero attached hydrogens (tertiary/aromatic N) is 2. The molecule has 1 fully saturated rings. The molecular formula is C12H14BrN3O. The van der Waals surface area contributed by atoms with E-state index in [-0.39, 0.29) is 5.69 Å². The molecule has 0 unspecified atom stereocenters. The van der Waals surface area contributed by atoms with Crippen molar-refractivity contribution < 1.29 is 0 Å². The standard InChI is InChI=1S/C12H14BrN3O/c1-15-12(17)16(14-15)11-4-2-3-9(8-5-6-8)10(11)7-13/h2-4,8,14H,5-7H2,1H3. The van der Waals surface area contributed by atoms with Crippen LogP contribution >= 0.6 is 15.9 Å². The van der Waals surface area contributed by atoms with Crippen molar-refractivity contribution in [3.63, 3.8) is 0 Å². The number of benzene rings is 1. The Balaban J connectivity index is 2.14. The average Bonchev–Trinajstić information content (AvgIpc) is 3.18. The first-order valence-electron chi connectivity index (χ1n) is 5.74. The first-order chi connectivity index (χ1) is 8.22. The van der Waals surface area contributed by atoms with Crippen LogP contribution in [0.4, 0.5) is 0 Å². The van der Waals surface area contributed by atoms with E-state index in [2.05, 4.69) is 27.2 Å². The van der Waals surface area contributed by atoms with E-state index < -0.39 is 0 Å². The third-order valence-corrected chi connectivity index (χ3v) is 3.87. The van der Waals surface area contributed by atoms with Crippen LogP contribution < -0.4 is 5.69 Å². The highest BCUT2D eigenvalue weighted by atomic mass is 79.9. The fraction of sp³-hybridized carbons (Fsp3) is 0.417. The van der Waals surface area contributed by atoms with Gasteiger partial charge in [-0.3, -0.25) is 0 Å². The summed E-state index contributed by atoms with van der Waals surface area (Å²) in [6.45, 7) is 0. The molecule has 17 heavy (non-hydrogen) atoms. The Morgan fingerprint density at radius 1 is 1.47 bits per heavy atom. The van der Waals surface area contributed by atoms with E-state index in [1.165, 1.54) is 28.7 Å². The highest BCUT2D eigenvalue weighted by Crippen LogP contribution is 2.43. The molecule has 0 saturated heterocycles. The van der Waals surface area contributed by atoms with Gasteiger partial charge in [0.15, 0.2) is 0 Å². The molecule has 3 rings (SSSR count). The molecule has 1 aromatic carbocycles. The summed E-state index contributed by atoms with van der Waals surface area (Å²) in [4.78, 5) is 11.7. The van der Waals surface area contributed by atoms with Crippen LogP contribution in [0.3, 0.4) is 0 Å². The van der Waals surface area contributed by atoms with Crippen LogP contribution in [-0.4, -0.2) is 14.6 Å². The number of alkyl halides is 1. The van der Waals surface area contributed by atoms with Gasteiger partial charge in [-0.25, -0.2) is 14.7 Å². The van der Waals surface area contributed by atoms with E-state index in [9.17, 15) is 4.79 Å². The summed E-state index contributed by atoms with van der Waals surface area (Å²) in [6, 6.07) is 6.19. The fourth-order valence-corrected chi connectivity index (χ4v) is 2.83. The summed E-state index contributed by atoms with van der Waals surface area (Å²) < 4.78 is 3.07. The van der Waals surface area contributed by atoms with Crippen LogP contribution in [0.25, 0.3) is 5.69 Å². The first kappa shape index (κ1) is 10.9. The lowest BCUT2D eigenvalue weighted by molar-refractivity contribution is 0.464. The molecule has 1 heterocycles. The molecule has 1 saturated carbocycles. The molecule has 1 aliphatic carbocycles. The number of rotatable bonds is 3. The maximum absolute atomic E-state index is 11.7. The number of aromatic nitrogens is 3.